The fraction of sp³-hybridized carbons (Fsp3) is 0.364. The fourth-order valence-corrected chi connectivity index (χ4v) is 1.74. The maximum absolute atomic E-state index is 11.5. The number of carboxylic acid groups (broad SMARTS) is 1. The Bertz CT molecular complexity index is 485. The number of carbonyl (C=O) groups excluding carboxylic acids is 1. The smallest absolute Gasteiger partial charge is 0.328 e. The maximum atomic E-state index is 11.5. The molecule has 2 N–H and O–H groups in total. The van der Waals surface area contributed by atoms with Gasteiger partial charge in [-0.3, -0.25) is 9.78 Å². The lowest BCUT2D eigenvalue weighted by atomic mass is 10.0. The first-order chi connectivity index (χ1) is 7.93. The van der Waals surface area contributed by atoms with Gasteiger partial charge in [0.2, 0.25) is 5.91 Å². The molecule has 0 unspecified atom stereocenters. The molecule has 1 aliphatic rings. The molecule has 2 heterocycles. The Morgan fingerprint density at radius 2 is 2.29 bits per heavy atom. The molecule has 0 saturated carbocycles. The molecule has 1 aliphatic heterocycles. The average Bonchev–Trinajstić information content (AvgIpc) is 2.27. The van der Waals surface area contributed by atoms with Gasteiger partial charge in [-0.25, -0.2) is 4.79 Å². The molecule has 90 valence electrons. The van der Waals surface area contributed by atoms with Crippen molar-refractivity contribution in [3.63, 3.8) is 0 Å². The van der Waals surface area contributed by atoms with Crippen LogP contribution < -0.4 is 10.2 Å². The van der Waals surface area contributed by atoms with E-state index in [2.05, 4.69) is 10.3 Å². The van der Waals surface area contributed by atoms with Crippen molar-refractivity contribution in [1.29, 1.82) is 0 Å². The van der Waals surface area contributed by atoms with Crippen molar-refractivity contribution in [2.45, 2.75) is 19.4 Å². The standard InChI is InChI=1S/C11H13N3O3/c1-11(2,10(16)17)14-6-9(15)13-7-3-4-12-5-8(7)14/h3-5H,6H2,1-2H3,(H,13,15)(H,16,17). The number of rotatable bonds is 2. The molecule has 17 heavy (non-hydrogen) atoms. The number of fused-ring (bicyclic) bond motifs is 1. The number of hydrogen-bond acceptors (Lipinski definition) is 4. The Morgan fingerprint density at radius 1 is 1.59 bits per heavy atom. The zero-order valence-electron chi connectivity index (χ0n) is 9.60. The van der Waals surface area contributed by atoms with E-state index in [0.29, 0.717) is 11.4 Å². The first-order valence-electron chi connectivity index (χ1n) is 5.18. The third-order valence-corrected chi connectivity index (χ3v) is 2.86. The number of anilines is 2. The summed E-state index contributed by atoms with van der Waals surface area (Å²) in [4.78, 5) is 28.3. The van der Waals surface area contributed by atoms with Crippen LogP contribution in [-0.4, -0.2) is 34.1 Å². The molecule has 6 nitrogen and oxygen atoms in total. The van der Waals surface area contributed by atoms with E-state index >= 15 is 0 Å². The van der Waals surface area contributed by atoms with Crippen molar-refractivity contribution in [2.24, 2.45) is 0 Å². The molecule has 0 aliphatic carbocycles. The second-order valence-corrected chi connectivity index (χ2v) is 4.39. The molecule has 1 aromatic heterocycles. The van der Waals surface area contributed by atoms with Crippen molar-refractivity contribution < 1.29 is 14.7 Å². The highest BCUT2D eigenvalue weighted by Crippen LogP contribution is 2.33. The number of carboxylic acids is 1. The highest BCUT2D eigenvalue weighted by molar-refractivity contribution is 6.03. The van der Waals surface area contributed by atoms with Gasteiger partial charge >= 0.3 is 5.97 Å². The van der Waals surface area contributed by atoms with Gasteiger partial charge in [0.25, 0.3) is 0 Å². The lowest BCUT2D eigenvalue weighted by molar-refractivity contribution is -0.142. The van der Waals surface area contributed by atoms with E-state index in [4.69, 9.17) is 0 Å². The van der Waals surface area contributed by atoms with E-state index in [1.165, 1.54) is 4.90 Å². The predicted octanol–water partition coefficient (Wildman–Crippen LogP) is 0.703. The second-order valence-electron chi connectivity index (χ2n) is 4.39. The molecule has 0 fully saturated rings. The summed E-state index contributed by atoms with van der Waals surface area (Å²) in [6.45, 7) is 3.13. The minimum absolute atomic E-state index is 0.0119. The average molecular weight is 235 g/mol. The third kappa shape index (κ3) is 1.82. The van der Waals surface area contributed by atoms with Crippen LogP contribution in [0.25, 0.3) is 0 Å². The van der Waals surface area contributed by atoms with E-state index < -0.39 is 11.5 Å². The normalized spacial score (nSPS) is 15.2. The van der Waals surface area contributed by atoms with Crippen LogP contribution in [0.2, 0.25) is 0 Å². The summed E-state index contributed by atoms with van der Waals surface area (Å²) in [5, 5.41) is 11.9. The lowest BCUT2D eigenvalue weighted by Crippen LogP contribution is -2.55. The molecule has 0 spiro atoms. The van der Waals surface area contributed by atoms with Crippen LogP contribution in [0.1, 0.15) is 13.8 Å². The minimum atomic E-state index is -1.16. The summed E-state index contributed by atoms with van der Waals surface area (Å²) >= 11 is 0. The first kappa shape index (κ1) is 11.4. The summed E-state index contributed by atoms with van der Waals surface area (Å²) in [6, 6.07) is 1.65. The number of aromatic nitrogens is 1. The van der Waals surface area contributed by atoms with Gasteiger partial charge in [0, 0.05) is 6.20 Å². The largest absolute Gasteiger partial charge is 0.480 e. The van der Waals surface area contributed by atoms with E-state index in [1.54, 1.807) is 32.3 Å². The number of nitrogens with zero attached hydrogens (tertiary/aromatic N) is 2. The second kappa shape index (κ2) is 3.73. The van der Waals surface area contributed by atoms with Crippen LogP contribution in [0.5, 0.6) is 0 Å². The van der Waals surface area contributed by atoms with Crippen molar-refractivity contribution in [3.8, 4) is 0 Å². The summed E-state index contributed by atoms with van der Waals surface area (Å²) < 4.78 is 0. The van der Waals surface area contributed by atoms with Gasteiger partial charge in [0.15, 0.2) is 0 Å². The van der Waals surface area contributed by atoms with Crippen LogP contribution >= 0.6 is 0 Å². The van der Waals surface area contributed by atoms with Gasteiger partial charge in [-0.15, -0.1) is 0 Å². The molecule has 0 radical (unpaired) electrons. The van der Waals surface area contributed by atoms with Gasteiger partial charge in [-0.1, -0.05) is 0 Å². The molecule has 0 atom stereocenters. The number of hydrogen-bond donors (Lipinski definition) is 2. The van der Waals surface area contributed by atoms with Gasteiger partial charge < -0.3 is 15.3 Å². The van der Waals surface area contributed by atoms with Crippen molar-refractivity contribution in [1.82, 2.24) is 4.98 Å². The summed E-state index contributed by atoms with van der Waals surface area (Å²) in [6.07, 6.45) is 3.11. The molecule has 2 rings (SSSR count). The third-order valence-electron chi connectivity index (χ3n) is 2.86. The molecule has 0 saturated heterocycles. The van der Waals surface area contributed by atoms with Gasteiger partial charge in [0.05, 0.1) is 24.1 Å². The Labute approximate surface area is 98.3 Å². The maximum Gasteiger partial charge on any atom is 0.328 e. The van der Waals surface area contributed by atoms with Gasteiger partial charge in [0.1, 0.15) is 5.54 Å². The molecule has 0 bridgehead atoms. The van der Waals surface area contributed by atoms with Crippen LogP contribution in [0, 0.1) is 0 Å². The van der Waals surface area contributed by atoms with Crippen molar-refractivity contribution >= 4 is 23.3 Å². The van der Waals surface area contributed by atoms with Crippen LogP contribution in [0.15, 0.2) is 18.5 Å². The van der Waals surface area contributed by atoms with Crippen LogP contribution in [0.3, 0.4) is 0 Å². The summed E-state index contributed by atoms with van der Waals surface area (Å²) in [5.74, 6) is -1.21. The Morgan fingerprint density at radius 3 is 2.94 bits per heavy atom. The predicted molar refractivity (Wildman–Crippen MR) is 61.9 cm³/mol. The minimum Gasteiger partial charge on any atom is -0.480 e. The molecule has 1 aromatic rings. The Balaban J connectivity index is 2.50. The Hall–Kier alpha value is -2.11. The van der Waals surface area contributed by atoms with Crippen LogP contribution in [-0.2, 0) is 9.59 Å². The molecular formula is C11H13N3O3. The van der Waals surface area contributed by atoms with E-state index in [0.717, 1.165) is 0 Å². The number of pyridine rings is 1. The molecule has 0 aromatic carbocycles. The highest BCUT2D eigenvalue weighted by atomic mass is 16.4. The number of aliphatic carboxylic acids is 1. The van der Waals surface area contributed by atoms with Crippen LogP contribution in [0.4, 0.5) is 11.4 Å². The molecule has 1 amide bonds. The zero-order valence-corrected chi connectivity index (χ0v) is 9.60. The SMILES string of the molecule is CC(C)(C(=O)O)N1CC(=O)Nc2ccncc21. The number of amides is 1. The summed E-state index contributed by atoms with van der Waals surface area (Å²) in [5.41, 5.74) is 0.0558. The molecular weight excluding hydrogens is 222 g/mol. The van der Waals surface area contributed by atoms with Crippen molar-refractivity contribution in [3.05, 3.63) is 18.5 Å². The first-order valence-corrected chi connectivity index (χ1v) is 5.18. The van der Waals surface area contributed by atoms with Crippen molar-refractivity contribution in [2.75, 3.05) is 16.8 Å². The van der Waals surface area contributed by atoms with E-state index in [1.807, 2.05) is 0 Å². The topological polar surface area (TPSA) is 82.5 Å². The number of carbonyl (C=O) groups is 2. The fourth-order valence-electron chi connectivity index (χ4n) is 1.74. The zero-order chi connectivity index (χ0) is 12.6. The van der Waals surface area contributed by atoms with E-state index in [-0.39, 0.29) is 12.5 Å². The van der Waals surface area contributed by atoms with Gasteiger partial charge in [-0.05, 0) is 19.9 Å². The van der Waals surface area contributed by atoms with E-state index in [9.17, 15) is 14.7 Å². The monoisotopic (exact) mass is 235 g/mol. The lowest BCUT2D eigenvalue weighted by Gasteiger charge is -2.39. The molecule has 6 heteroatoms. The van der Waals surface area contributed by atoms with Gasteiger partial charge in [-0.2, -0.15) is 0 Å². The summed E-state index contributed by atoms with van der Waals surface area (Å²) in [7, 11) is 0. The Kier molecular flexibility index (Phi) is 2.49. The number of nitrogens with one attached hydrogen (secondary N) is 1. The highest BCUT2D eigenvalue weighted by Gasteiger charge is 2.39. The quantitative estimate of drug-likeness (QED) is 0.788.